The minimum Gasteiger partial charge on any atom is -0.478 e. The van der Waals surface area contributed by atoms with Gasteiger partial charge in [0.2, 0.25) is 5.91 Å². The number of aryl methyl sites for hydroxylation is 1. The van der Waals surface area contributed by atoms with Crippen molar-refractivity contribution in [1.29, 1.82) is 0 Å². The first-order chi connectivity index (χ1) is 7.50. The van der Waals surface area contributed by atoms with Gasteiger partial charge in [-0.15, -0.1) is 0 Å². The summed E-state index contributed by atoms with van der Waals surface area (Å²) >= 11 is 0. The van der Waals surface area contributed by atoms with Gasteiger partial charge in [-0.1, -0.05) is 17.9 Å². The highest BCUT2D eigenvalue weighted by Crippen LogP contribution is 2.10. The molecule has 1 aromatic carbocycles. The largest absolute Gasteiger partial charge is 0.478 e. The summed E-state index contributed by atoms with van der Waals surface area (Å²) in [5.41, 5.74) is 6.36. The minimum atomic E-state index is -1.04. The second kappa shape index (κ2) is 4.99. The molecule has 0 aliphatic carbocycles. The number of nitrogens with two attached hydrogens (primary N) is 1. The lowest BCUT2D eigenvalue weighted by Crippen LogP contribution is -2.08. The van der Waals surface area contributed by atoms with Crippen LogP contribution in [0.1, 0.15) is 27.9 Å². The average Bonchev–Trinajstić information content (AvgIpc) is 2.16. The Hall–Kier alpha value is -2.28. The summed E-state index contributed by atoms with van der Waals surface area (Å²) in [6, 6.07) is 4.85. The van der Waals surface area contributed by atoms with Crippen molar-refractivity contribution in [2.75, 3.05) is 0 Å². The highest BCUT2D eigenvalue weighted by molar-refractivity contribution is 5.91. The Morgan fingerprint density at radius 2 is 2.12 bits per heavy atom. The van der Waals surface area contributed by atoms with Crippen LogP contribution >= 0.6 is 0 Å². The molecular formula is C12H11NO3. The molecule has 0 atom stereocenters. The molecule has 82 valence electrons. The van der Waals surface area contributed by atoms with Crippen LogP contribution in [0.5, 0.6) is 0 Å². The van der Waals surface area contributed by atoms with E-state index in [-0.39, 0.29) is 12.0 Å². The Morgan fingerprint density at radius 3 is 2.69 bits per heavy atom. The average molecular weight is 217 g/mol. The first kappa shape index (κ1) is 11.8. The molecule has 0 heterocycles. The topological polar surface area (TPSA) is 80.4 Å². The molecule has 0 aromatic heterocycles. The lowest BCUT2D eigenvalue weighted by atomic mass is 10.0. The molecule has 1 amide bonds. The summed E-state index contributed by atoms with van der Waals surface area (Å²) in [6.45, 7) is 1.84. The van der Waals surface area contributed by atoms with Crippen molar-refractivity contribution in [1.82, 2.24) is 0 Å². The number of hydrogen-bond acceptors (Lipinski definition) is 2. The maximum Gasteiger partial charge on any atom is 0.336 e. The van der Waals surface area contributed by atoms with Crippen molar-refractivity contribution in [2.24, 2.45) is 5.73 Å². The van der Waals surface area contributed by atoms with Gasteiger partial charge in [0.05, 0.1) is 12.0 Å². The number of amides is 1. The zero-order valence-corrected chi connectivity index (χ0v) is 8.78. The van der Waals surface area contributed by atoms with Gasteiger partial charge in [-0.3, -0.25) is 4.79 Å². The van der Waals surface area contributed by atoms with Gasteiger partial charge in [-0.25, -0.2) is 4.79 Å². The van der Waals surface area contributed by atoms with E-state index in [0.717, 1.165) is 5.56 Å². The van der Waals surface area contributed by atoms with E-state index in [0.29, 0.717) is 5.56 Å². The Morgan fingerprint density at radius 1 is 1.44 bits per heavy atom. The predicted octanol–water partition coefficient (Wildman–Crippen LogP) is 0.920. The van der Waals surface area contributed by atoms with Crippen LogP contribution in [0.3, 0.4) is 0 Å². The molecule has 4 heteroatoms. The number of carboxylic acid groups (broad SMARTS) is 1. The highest BCUT2D eigenvalue weighted by atomic mass is 16.4. The molecule has 4 nitrogen and oxygen atoms in total. The number of carbonyl (C=O) groups is 2. The maximum absolute atomic E-state index is 10.9. The van der Waals surface area contributed by atoms with Gasteiger partial charge in [0.25, 0.3) is 0 Å². The molecule has 0 bridgehead atoms. The summed E-state index contributed by atoms with van der Waals surface area (Å²) in [7, 11) is 0. The summed E-state index contributed by atoms with van der Waals surface area (Å²) in [4.78, 5) is 21.3. The Labute approximate surface area is 93.1 Å². The van der Waals surface area contributed by atoms with Gasteiger partial charge in [0.1, 0.15) is 0 Å². The Kier molecular flexibility index (Phi) is 3.67. The van der Waals surface area contributed by atoms with Crippen molar-refractivity contribution in [3.05, 3.63) is 34.9 Å². The van der Waals surface area contributed by atoms with E-state index >= 15 is 0 Å². The second-order valence-corrected chi connectivity index (χ2v) is 3.30. The van der Waals surface area contributed by atoms with Crippen LogP contribution in [0.2, 0.25) is 0 Å². The van der Waals surface area contributed by atoms with Crippen LogP contribution in [0, 0.1) is 18.8 Å². The van der Waals surface area contributed by atoms with Crippen LogP contribution in [-0.4, -0.2) is 17.0 Å². The summed E-state index contributed by atoms with van der Waals surface area (Å²) in [6.07, 6.45) is -0.0764. The van der Waals surface area contributed by atoms with E-state index in [1.54, 1.807) is 12.1 Å². The lowest BCUT2D eigenvalue weighted by Gasteiger charge is -2.00. The van der Waals surface area contributed by atoms with Crippen molar-refractivity contribution >= 4 is 11.9 Å². The zero-order chi connectivity index (χ0) is 12.1. The quantitative estimate of drug-likeness (QED) is 0.723. The highest BCUT2D eigenvalue weighted by Gasteiger charge is 2.07. The van der Waals surface area contributed by atoms with E-state index in [4.69, 9.17) is 10.8 Å². The number of primary amides is 1. The third-order valence-electron chi connectivity index (χ3n) is 1.89. The van der Waals surface area contributed by atoms with Crippen LogP contribution in [0.25, 0.3) is 0 Å². The monoisotopic (exact) mass is 217 g/mol. The Balaban J connectivity index is 3.08. The summed E-state index contributed by atoms with van der Waals surface area (Å²) in [5, 5.41) is 8.91. The van der Waals surface area contributed by atoms with E-state index in [1.807, 2.05) is 6.92 Å². The molecular weight excluding hydrogens is 206 g/mol. The molecule has 0 aliphatic heterocycles. The van der Waals surface area contributed by atoms with Gasteiger partial charge < -0.3 is 10.8 Å². The van der Waals surface area contributed by atoms with Gasteiger partial charge in [-0.2, -0.15) is 0 Å². The molecule has 16 heavy (non-hydrogen) atoms. The Bertz CT molecular complexity index is 495. The molecule has 0 radical (unpaired) electrons. The molecule has 0 fully saturated rings. The molecule has 0 spiro atoms. The standard InChI is InChI=1S/C12H11NO3/c1-8-5-6-10(12(15)16)9(7-8)3-2-4-11(13)14/h5-7H,4H2,1H3,(H2,13,14)(H,15,16). The fourth-order valence-electron chi connectivity index (χ4n) is 1.17. The third kappa shape index (κ3) is 3.14. The molecule has 1 rings (SSSR count). The minimum absolute atomic E-state index is 0.0764. The fraction of sp³-hybridized carbons (Fsp3) is 0.167. The predicted molar refractivity (Wildman–Crippen MR) is 58.8 cm³/mol. The van der Waals surface area contributed by atoms with E-state index in [2.05, 4.69) is 11.8 Å². The number of carboxylic acids is 1. The van der Waals surface area contributed by atoms with Crippen molar-refractivity contribution in [2.45, 2.75) is 13.3 Å². The normalized spacial score (nSPS) is 9.06. The number of rotatable bonds is 2. The smallest absolute Gasteiger partial charge is 0.336 e. The van der Waals surface area contributed by atoms with E-state index < -0.39 is 11.9 Å². The lowest BCUT2D eigenvalue weighted by molar-refractivity contribution is -0.117. The summed E-state index contributed by atoms with van der Waals surface area (Å²) in [5.74, 6) is 3.60. The number of benzene rings is 1. The second-order valence-electron chi connectivity index (χ2n) is 3.30. The summed E-state index contributed by atoms with van der Waals surface area (Å²) < 4.78 is 0. The fourth-order valence-corrected chi connectivity index (χ4v) is 1.17. The first-order valence-electron chi connectivity index (χ1n) is 4.62. The van der Waals surface area contributed by atoms with E-state index in [9.17, 15) is 9.59 Å². The zero-order valence-electron chi connectivity index (χ0n) is 8.78. The first-order valence-corrected chi connectivity index (χ1v) is 4.62. The van der Waals surface area contributed by atoms with Gasteiger partial charge >= 0.3 is 5.97 Å². The number of aromatic carboxylic acids is 1. The molecule has 0 aliphatic rings. The van der Waals surface area contributed by atoms with E-state index in [1.165, 1.54) is 6.07 Å². The third-order valence-corrected chi connectivity index (χ3v) is 1.89. The van der Waals surface area contributed by atoms with Gasteiger partial charge in [-0.05, 0) is 24.6 Å². The van der Waals surface area contributed by atoms with Gasteiger partial charge in [0.15, 0.2) is 0 Å². The molecule has 0 saturated carbocycles. The van der Waals surface area contributed by atoms with Crippen LogP contribution in [-0.2, 0) is 4.79 Å². The van der Waals surface area contributed by atoms with Crippen molar-refractivity contribution in [3.8, 4) is 11.8 Å². The van der Waals surface area contributed by atoms with Crippen LogP contribution in [0.15, 0.2) is 18.2 Å². The van der Waals surface area contributed by atoms with Crippen LogP contribution < -0.4 is 5.73 Å². The molecule has 0 unspecified atom stereocenters. The van der Waals surface area contributed by atoms with Crippen molar-refractivity contribution < 1.29 is 14.7 Å². The molecule has 3 N–H and O–H groups in total. The van der Waals surface area contributed by atoms with Crippen LogP contribution in [0.4, 0.5) is 0 Å². The SMILES string of the molecule is Cc1ccc(C(=O)O)c(C#CCC(N)=O)c1. The molecule has 1 aromatic rings. The number of hydrogen-bond donors (Lipinski definition) is 2. The maximum atomic E-state index is 10.9. The number of carbonyl (C=O) groups excluding carboxylic acids is 1. The van der Waals surface area contributed by atoms with Crippen molar-refractivity contribution in [3.63, 3.8) is 0 Å². The van der Waals surface area contributed by atoms with Gasteiger partial charge in [0, 0.05) is 5.56 Å². The molecule has 0 saturated heterocycles.